The Morgan fingerprint density at radius 1 is 1.17 bits per heavy atom. The lowest BCUT2D eigenvalue weighted by molar-refractivity contribution is -0.126. The number of aromatic nitrogens is 3. The number of thioether (sulfide) groups is 1. The van der Waals surface area contributed by atoms with E-state index in [0.29, 0.717) is 16.0 Å². The quantitative estimate of drug-likeness (QED) is 0.554. The van der Waals surface area contributed by atoms with Gasteiger partial charge >= 0.3 is 0 Å². The van der Waals surface area contributed by atoms with Crippen molar-refractivity contribution in [2.45, 2.75) is 61.4 Å². The average molecular weight is 432 g/mol. The van der Waals surface area contributed by atoms with Gasteiger partial charge in [-0.1, -0.05) is 23.4 Å². The van der Waals surface area contributed by atoms with E-state index in [1.54, 1.807) is 12.1 Å². The summed E-state index contributed by atoms with van der Waals surface area (Å²) in [4.78, 5) is 13.0. The summed E-state index contributed by atoms with van der Waals surface area (Å²) in [5.74, 6) is 9.26. The predicted molar refractivity (Wildman–Crippen MR) is 115 cm³/mol. The summed E-state index contributed by atoms with van der Waals surface area (Å²) in [6.07, 6.45) is 7.54. The van der Waals surface area contributed by atoms with Gasteiger partial charge in [0.1, 0.15) is 0 Å². The fourth-order valence-corrected chi connectivity index (χ4v) is 6.89. The maximum absolute atomic E-state index is 13.0. The molecular weight excluding hydrogens is 406 g/mol. The Morgan fingerprint density at radius 3 is 2.34 bits per heavy atom. The minimum absolute atomic E-state index is 0.0194. The minimum Gasteiger partial charge on any atom is -0.350 e. The van der Waals surface area contributed by atoms with Crippen molar-refractivity contribution < 1.29 is 4.79 Å². The molecule has 1 aromatic heterocycles. The Labute approximate surface area is 179 Å². The fourth-order valence-electron chi connectivity index (χ4n) is 5.99. The van der Waals surface area contributed by atoms with Crippen molar-refractivity contribution in [2.24, 2.45) is 17.8 Å². The van der Waals surface area contributed by atoms with Gasteiger partial charge in [-0.05, 0) is 87.5 Å². The normalized spacial score (nSPS) is 31.0. The first-order chi connectivity index (χ1) is 13.9. The SMILES string of the molecule is CC(Sc1nnc(-c2ccc(Cl)cc2)n1N)C(=O)NC12CC3CC(CC(C3)C1)C2. The molecule has 4 fully saturated rings. The molecule has 3 N–H and O–H groups in total. The number of nitrogens with zero attached hydrogens (tertiary/aromatic N) is 3. The van der Waals surface area contributed by atoms with Crippen molar-refractivity contribution in [1.29, 1.82) is 0 Å². The summed E-state index contributed by atoms with van der Waals surface area (Å²) >= 11 is 7.30. The number of carbonyl (C=O) groups excluding carboxylic acids is 1. The monoisotopic (exact) mass is 431 g/mol. The molecule has 0 saturated heterocycles. The van der Waals surface area contributed by atoms with Crippen LogP contribution >= 0.6 is 23.4 Å². The van der Waals surface area contributed by atoms with E-state index >= 15 is 0 Å². The molecule has 4 bridgehead atoms. The molecule has 8 heteroatoms. The summed E-state index contributed by atoms with van der Waals surface area (Å²) in [7, 11) is 0. The Hall–Kier alpha value is -1.73. The third-order valence-electron chi connectivity index (χ3n) is 6.84. The number of rotatable bonds is 5. The number of carbonyl (C=O) groups is 1. The largest absolute Gasteiger partial charge is 0.350 e. The van der Waals surface area contributed by atoms with Crippen LogP contribution in [0.15, 0.2) is 29.4 Å². The molecule has 4 saturated carbocycles. The van der Waals surface area contributed by atoms with Crippen molar-refractivity contribution >= 4 is 29.3 Å². The first-order valence-electron chi connectivity index (χ1n) is 10.4. The second kappa shape index (κ2) is 7.20. The van der Waals surface area contributed by atoms with E-state index in [2.05, 4.69) is 15.5 Å². The fraction of sp³-hybridized carbons (Fsp3) is 0.571. The second-order valence-electron chi connectivity index (χ2n) is 9.13. The van der Waals surface area contributed by atoms with Gasteiger partial charge in [0.15, 0.2) is 5.82 Å². The highest BCUT2D eigenvalue weighted by atomic mass is 35.5. The average Bonchev–Trinajstić information content (AvgIpc) is 3.01. The van der Waals surface area contributed by atoms with Crippen LogP contribution in [0.25, 0.3) is 11.4 Å². The van der Waals surface area contributed by atoms with Crippen LogP contribution in [0.1, 0.15) is 45.4 Å². The zero-order valence-corrected chi connectivity index (χ0v) is 18.0. The first kappa shape index (κ1) is 19.2. The highest BCUT2D eigenvalue weighted by Gasteiger charge is 2.51. The van der Waals surface area contributed by atoms with E-state index in [1.807, 2.05) is 19.1 Å². The Bertz CT molecular complexity index is 892. The van der Waals surface area contributed by atoms with Crippen LogP contribution < -0.4 is 11.2 Å². The lowest BCUT2D eigenvalue weighted by atomic mass is 9.53. The molecule has 154 valence electrons. The lowest BCUT2D eigenvalue weighted by Gasteiger charge is -2.57. The number of nitrogen functional groups attached to an aromatic ring is 1. The molecule has 2 aromatic rings. The molecule has 0 aliphatic heterocycles. The number of halogens is 1. The maximum Gasteiger partial charge on any atom is 0.233 e. The van der Waals surface area contributed by atoms with Crippen LogP contribution in [-0.4, -0.2) is 31.6 Å². The Morgan fingerprint density at radius 2 is 1.76 bits per heavy atom. The minimum atomic E-state index is -0.285. The van der Waals surface area contributed by atoms with Crippen molar-refractivity contribution in [1.82, 2.24) is 20.2 Å². The number of benzene rings is 1. The Balaban J connectivity index is 1.27. The lowest BCUT2D eigenvalue weighted by Crippen LogP contribution is -2.60. The second-order valence-corrected chi connectivity index (χ2v) is 10.9. The summed E-state index contributed by atoms with van der Waals surface area (Å²) in [5.41, 5.74) is 0.854. The van der Waals surface area contributed by atoms with Crippen LogP contribution in [0.4, 0.5) is 0 Å². The molecule has 1 heterocycles. The van der Waals surface area contributed by atoms with Gasteiger partial charge < -0.3 is 11.2 Å². The topological polar surface area (TPSA) is 85.8 Å². The van der Waals surface area contributed by atoms with Crippen LogP contribution in [0, 0.1) is 17.8 Å². The molecule has 4 aliphatic rings. The zero-order chi connectivity index (χ0) is 20.2. The van der Waals surface area contributed by atoms with Crippen LogP contribution in [0.2, 0.25) is 5.02 Å². The smallest absolute Gasteiger partial charge is 0.233 e. The van der Waals surface area contributed by atoms with Crippen molar-refractivity contribution in [3.63, 3.8) is 0 Å². The van der Waals surface area contributed by atoms with Gasteiger partial charge in [-0.2, -0.15) is 0 Å². The predicted octanol–water partition coefficient (Wildman–Crippen LogP) is 3.88. The molecule has 0 spiro atoms. The summed E-state index contributed by atoms with van der Waals surface area (Å²) in [6, 6.07) is 7.29. The van der Waals surface area contributed by atoms with Crippen molar-refractivity contribution in [2.75, 3.05) is 5.84 Å². The van der Waals surface area contributed by atoms with E-state index in [-0.39, 0.29) is 16.7 Å². The molecule has 6 rings (SSSR count). The van der Waals surface area contributed by atoms with Gasteiger partial charge in [0.05, 0.1) is 5.25 Å². The third-order valence-corrected chi connectivity index (χ3v) is 8.15. The van der Waals surface area contributed by atoms with Gasteiger partial charge in [0, 0.05) is 16.1 Å². The molecule has 1 atom stereocenters. The molecule has 1 amide bonds. The van der Waals surface area contributed by atoms with Crippen LogP contribution in [0.5, 0.6) is 0 Å². The van der Waals surface area contributed by atoms with Gasteiger partial charge in [-0.25, -0.2) is 4.68 Å². The molecule has 1 aromatic carbocycles. The van der Waals surface area contributed by atoms with E-state index in [4.69, 9.17) is 17.4 Å². The highest BCUT2D eigenvalue weighted by Crippen LogP contribution is 2.55. The zero-order valence-electron chi connectivity index (χ0n) is 16.5. The highest BCUT2D eigenvalue weighted by molar-refractivity contribution is 8.00. The van der Waals surface area contributed by atoms with Gasteiger partial charge in [0.2, 0.25) is 11.1 Å². The molecular formula is C21H26ClN5OS. The van der Waals surface area contributed by atoms with Gasteiger partial charge in [-0.15, -0.1) is 10.2 Å². The summed E-state index contributed by atoms with van der Waals surface area (Å²) in [6.45, 7) is 1.91. The number of hydrogen-bond acceptors (Lipinski definition) is 5. The molecule has 6 nitrogen and oxygen atoms in total. The number of amides is 1. The summed E-state index contributed by atoms with van der Waals surface area (Å²) in [5, 5.41) is 12.7. The van der Waals surface area contributed by atoms with Crippen molar-refractivity contribution in [3.8, 4) is 11.4 Å². The Kier molecular flexibility index (Phi) is 4.78. The standard InChI is InChI=1S/C21H26ClN5OS/c1-12(19(28)24-21-9-13-6-14(10-21)8-15(7-13)11-21)29-20-26-25-18(27(20)23)16-2-4-17(22)5-3-16/h2-5,12-15H,6-11,23H2,1H3,(H,24,28). The van der Waals surface area contributed by atoms with E-state index in [1.165, 1.54) is 35.7 Å². The summed E-state index contributed by atoms with van der Waals surface area (Å²) < 4.78 is 1.45. The van der Waals surface area contributed by atoms with Crippen LogP contribution in [-0.2, 0) is 4.79 Å². The number of hydrogen-bond donors (Lipinski definition) is 2. The van der Waals surface area contributed by atoms with E-state index in [9.17, 15) is 4.79 Å². The van der Waals surface area contributed by atoms with Crippen LogP contribution in [0.3, 0.4) is 0 Å². The molecule has 29 heavy (non-hydrogen) atoms. The number of nitrogens with two attached hydrogens (primary N) is 1. The van der Waals surface area contributed by atoms with Gasteiger partial charge in [-0.3, -0.25) is 4.79 Å². The third kappa shape index (κ3) is 3.63. The first-order valence-corrected chi connectivity index (χ1v) is 11.6. The number of nitrogens with one attached hydrogen (secondary N) is 1. The molecule has 4 aliphatic carbocycles. The van der Waals surface area contributed by atoms with Crippen molar-refractivity contribution in [3.05, 3.63) is 29.3 Å². The van der Waals surface area contributed by atoms with Gasteiger partial charge in [0.25, 0.3) is 0 Å². The van der Waals surface area contributed by atoms with E-state index < -0.39 is 0 Å². The molecule has 1 unspecified atom stereocenters. The van der Waals surface area contributed by atoms with E-state index in [0.717, 1.165) is 42.6 Å². The maximum atomic E-state index is 13.0. The molecule has 0 radical (unpaired) electrons.